The van der Waals surface area contributed by atoms with Crippen LogP contribution in [0.15, 0.2) is 64.9 Å². The fourth-order valence-corrected chi connectivity index (χ4v) is 8.64. The molecular formula is C29H37N3O3S2. The monoisotopic (exact) mass is 539 g/mol. The summed E-state index contributed by atoms with van der Waals surface area (Å²) in [5.41, 5.74) is 1.01. The SMILES string of the molecule is CC(C)N(C)[C@@H]1CC[C@H](N2CCC(Nc3csc4ccccc34)C2=O)[C@H](CS(=O)(=O)c2ccccc2)C1. The molecule has 8 heteroatoms. The Morgan fingerprint density at radius 1 is 1.05 bits per heavy atom. The Labute approximate surface area is 224 Å². The summed E-state index contributed by atoms with van der Waals surface area (Å²) in [6.45, 7) is 5.02. The number of benzene rings is 2. The molecule has 2 fully saturated rings. The maximum Gasteiger partial charge on any atom is 0.245 e. The first-order valence-electron chi connectivity index (χ1n) is 13.3. The predicted octanol–water partition coefficient (Wildman–Crippen LogP) is 5.27. The van der Waals surface area contributed by atoms with E-state index in [4.69, 9.17) is 0 Å². The molecule has 3 aromatic rings. The predicted molar refractivity (Wildman–Crippen MR) is 152 cm³/mol. The summed E-state index contributed by atoms with van der Waals surface area (Å²) in [6.07, 6.45) is 3.31. The van der Waals surface area contributed by atoms with Gasteiger partial charge < -0.3 is 15.1 Å². The standard InChI is InChI=1S/C29H37N3O3S2/c1-20(2)31(3)22-13-14-27(21(17-22)19-37(34,35)23-9-5-4-6-10-23)32-16-15-25(29(32)33)30-26-18-36-28-12-8-7-11-24(26)28/h4-12,18,20-22,25,27,30H,13-17,19H2,1-3H3/t21-,22+,25?,27-/m0/s1. The first-order chi connectivity index (χ1) is 17.7. The number of carbonyl (C=O) groups excluding carboxylic acids is 1. The molecule has 1 saturated carbocycles. The van der Waals surface area contributed by atoms with Crippen LogP contribution in [0.3, 0.4) is 0 Å². The van der Waals surface area contributed by atoms with Gasteiger partial charge in [-0.05, 0) is 70.7 Å². The van der Waals surface area contributed by atoms with Crippen molar-refractivity contribution in [3.63, 3.8) is 0 Å². The quantitative estimate of drug-likeness (QED) is 0.423. The van der Waals surface area contributed by atoms with Crippen molar-refractivity contribution in [1.29, 1.82) is 0 Å². The Morgan fingerprint density at radius 3 is 2.54 bits per heavy atom. The van der Waals surface area contributed by atoms with E-state index in [-0.39, 0.29) is 29.7 Å². The Balaban J connectivity index is 1.36. The lowest BCUT2D eigenvalue weighted by atomic mass is 9.81. The summed E-state index contributed by atoms with van der Waals surface area (Å²) < 4.78 is 28.0. The van der Waals surface area contributed by atoms with Crippen molar-refractivity contribution in [2.75, 3.05) is 24.7 Å². The number of amides is 1. The second kappa shape index (κ2) is 10.8. The Kier molecular flexibility index (Phi) is 7.61. The average molecular weight is 540 g/mol. The molecule has 37 heavy (non-hydrogen) atoms. The molecular weight excluding hydrogens is 502 g/mol. The van der Waals surface area contributed by atoms with E-state index in [0.29, 0.717) is 23.5 Å². The van der Waals surface area contributed by atoms with Crippen LogP contribution < -0.4 is 5.32 Å². The molecule has 1 aliphatic carbocycles. The Hall–Kier alpha value is -2.42. The number of sulfone groups is 1. The zero-order valence-corrected chi connectivity index (χ0v) is 23.5. The van der Waals surface area contributed by atoms with Crippen LogP contribution in [-0.2, 0) is 14.6 Å². The van der Waals surface area contributed by atoms with Crippen LogP contribution in [0.1, 0.15) is 39.5 Å². The van der Waals surface area contributed by atoms with Crippen molar-refractivity contribution >= 4 is 42.9 Å². The van der Waals surface area contributed by atoms with Crippen LogP contribution in [0.4, 0.5) is 5.69 Å². The van der Waals surface area contributed by atoms with Gasteiger partial charge in [-0.1, -0.05) is 36.4 Å². The van der Waals surface area contributed by atoms with Crippen LogP contribution in [0.2, 0.25) is 0 Å². The van der Waals surface area contributed by atoms with Crippen molar-refractivity contribution in [1.82, 2.24) is 9.80 Å². The molecule has 1 aromatic heterocycles. The molecule has 1 unspecified atom stereocenters. The fraction of sp³-hybridized carbons (Fsp3) is 0.483. The Morgan fingerprint density at radius 2 is 1.78 bits per heavy atom. The molecule has 0 bridgehead atoms. The summed E-state index contributed by atoms with van der Waals surface area (Å²) >= 11 is 1.68. The smallest absolute Gasteiger partial charge is 0.245 e. The van der Waals surface area contributed by atoms with Crippen molar-refractivity contribution < 1.29 is 13.2 Å². The lowest BCUT2D eigenvalue weighted by molar-refractivity contribution is -0.132. The maximum absolute atomic E-state index is 13.7. The third-order valence-electron chi connectivity index (χ3n) is 8.29. The molecule has 1 amide bonds. The van der Waals surface area contributed by atoms with Gasteiger partial charge >= 0.3 is 0 Å². The van der Waals surface area contributed by atoms with E-state index >= 15 is 0 Å². The van der Waals surface area contributed by atoms with Gasteiger partial charge in [0.15, 0.2) is 9.84 Å². The van der Waals surface area contributed by atoms with E-state index in [9.17, 15) is 13.2 Å². The maximum atomic E-state index is 13.7. The van der Waals surface area contributed by atoms with Gasteiger partial charge in [-0.2, -0.15) is 0 Å². The minimum atomic E-state index is -3.46. The zero-order chi connectivity index (χ0) is 26.2. The minimum Gasteiger partial charge on any atom is -0.372 e. The second-order valence-electron chi connectivity index (χ2n) is 10.8. The third kappa shape index (κ3) is 5.42. The highest BCUT2D eigenvalue weighted by molar-refractivity contribution is 7.91. The average Bonchev–Trinajstić information content (AvgIpc) is 3.47. The number of hydrogen-bond donors (Lipinski definition) is 1. The third-order valence-corrected chi connectivity index (χ3v) is 11.1. The van der Waals surface area contributed by atoms with E-state index in [2.05, 4.69) is 48.6 Å². The second-order valence-corrected chi connectivity index (χ2v) is 13.8. The summed E-state index contributed by atoms with van der Waals surface area (Å²) in [6, 6.07) is 17.3. The molecule has 0 radical (unpaired) electrons. The number of hydrogen-bond acceptors (Lipinski definition) is 6. The van der Waals surface area contributed by atoms with Gasteiger partial charge in [-0.3, -0.25) is 4.79 Å². The van der Waals surface area contributed by atoms with Crippen LogP contribution in [0.25, 0.3) is 10.1 Å². The number of carbonyl (C=O) groups is 1. The highest BCUT2D eigenvalue weighted by Gasteiger charge is 2.44. The zero-order valence-electron chi connectivity index (χ0n) is 21.8. The summed E-state index contributed by atoms with van der Waals surface area (Å²) in [5.74, 6) is 0.0640. The molecule has 2 heterocycles. The lowest BCUT2D eigenvalue weighted by Crippen LogP contribution is -2.52. The van der Waals surface area contributed by atoms with Gasteiger partial charge in [-0.15, -0.1) is 11.3 Å². The normalized spacial score (nSPS) is 24.9. The first kappa shape index (κ1) is 26.2. The Bertz CT molecular complexity index is 1340. The molecule has 2 aromatic carbocycles. The van der Waals surface area contributed by atoms with Gasteiger partial charge in [0, 0.05) is 40.1 Å². The van der Waals surface area contributed by atoms with Crippen LogP contribution in [0, 0.1) is 5.92 Å². The summed E-state index contributed by atoms with van der Waals surface area (Å²) in [7, 11) is -1.33. The molecule has 6 nitrogen and oxygen atoms in total. The van der Waals surface area contributed by atoms with Gasteiger partial charge in [0.25, 0.3) is 0 Å². The van der Waals surface area contributed by atoms with Gasteiger partial charge in [0.1, 0.15) is 6.04 Å². The van der Waals surface area contributed by atoms with Crippen molar-refractivity contribution in [3.8, 4) is 0 Å². The largest absolute Gasteiger partial charge is 0.372 e. The van der Waals surface area contributed by atoms with Crippen LogP contribution in [-0.4, -0.2) is 67.6 Å². The molecule has 1 N–H and O–H groups in total. The number of thiophene rings is 1. The highest BCUT2D eigenvalue weighted by atomic mass is 32.2. The molecule has 4 atom stereocenters. The van der Waals surface area contributed by atoms with Crippen LogP contribution in [0.5, 0.6) is 0 Å². The molecule has 1 saturated heterocycles. The molecule has 1 aliphatic heterocycles. The molecule has 5 rings (SSSR count). The van der Waals surface area contributed by atoms with Crippen LogP contribution >= 0.6 is 11.3 Å². The molecule has 2 aliphatic rings. The number of likely N-dealkylation sites (tertiary alicyclic amines) is 1. The number of fused-ring (bicyclic) bond motifs is 1. The van der Waals surface area contributed by atoms with E-state index in [0.717, 1.165) is 36.8 Å². The lowest BCUT2D eigenvalue weighted by Gasteiger charge is -2.44. The number of rotatable bonds is 8. The van der Waals surface area contributed by atoms with E-state index in [1.54, 1.807) is 35.6 Å². The van der Waals surface area contributed by atoms with E-state index < -0.39 is 9.84 Å². The number of nitrogens with zero attached hydrogens (tertiary/aromatic N) is 2. The van der Waals surface area contributed by atoms with Crippen molar-refractivity contribution in [3.05, 3.63) is 60.0 Å². The summed E-state index contributed by atoms with van der Waals surface area (Å²) in [5, 5.41) is 6.73. The fourth-order valence-electron chi connectivity index (χ4n) is 6.05. The van der Waals surface area contributed by atoms with E-state index in [1.807, 2.05) is 23.1 Å². The van der Waals surface area contributed by atoms with Gasteiger partial charge in [0.05, 0.1) is 16.3 Å². The summed E-state index contributed by atoms with van der Waals surface area (Å²) in [4.78, 5) is 18.4. The highest BCUT2D eigenvalue weighted by Crippen LogP contribution is 2.37. The molecule has 198 valence electrons. The number of anilines is 1. The van der Waals surface area contributed by atoms with Crippen molar-refractivity contribution in [2.45, 2.75) is 68.6 Å². The van der Waals surface area contributed by atoms with Gasteiger partial charge in [-0.25, -0.2) is 8.42 Å². The topological polar surface area (TPSA) is 69.7 Å². The minimum absolute atomic E-state index is 0.0613. The first-order valence-corrected chi connectivity index (χ1v) is 15.8. The van der Waals surface area contributed by atoms with E-state index in [1.165, 1.54) is 4.70 Å². The number of nitrogens with one attached hydrogen (secondary N) is 1. The van der Waals surface area contributed by atoms with Crippen molar-refractivity contribution in [2.24, 2.45) is 5.92 Å². The van der Waals surface area contributed by atoms with Gasteiger partial charge in [0.2, 0.25) is 5.91 Å². The molecule has 0 spiro atoms.